The zero-order valence-electron chi connectivity index (χ0n) is 12.5. The predicted octanol–water partition coefficient (Wildman–Crippen LogP) is 3.62. The highest BCUT2D eigenvalue weighted by Crippen LogP contribution is 2.29. The van der Waals surface area contributed by atoms with E-state index in [1.165, 1.54) is 0 Å². The standard InChI is InChI=1S/C16H15NO5/c1-8-14(22-10(3)17-8)7-20-11-4-5-13-12(6-11)15(16(18)19)9(2)21-13/h4-6H,7H2,1-3H3,(H,18,19). The van der Waals surface area contributed by atoms with Crippen molar-refractivity contribution in [3.8, 4) is 5.75 Å². The number of hydrogen-bond acceptors (Lipinski definition) is 5. The Morgan fingerprint density at radius 1 is 1.27 bits per heavy atom. The molecule has 0 spiro atoms. The summed E-state index contributed by atoms with van der Waals surface area (Å²) < 4.78 is 16.5. The van der Waals surface area contributed by atoms with Crippen LogP contribution in [0, 0.1) is 20.8 Å². The van der Waals surface area contributed by atoms with Gasteiger partial charge in [-0.25, -0.2) is 9.78 Å². The fraction of sp³-hybridized carbons (Fsp3) is 0.250. The summed E-state index contributed by atoms with van der Waals surface area (Å²) >= 11 is 0. The number of benzene rings is 1. The average Bonchev–Trinajstić information content (AvgIpc) is 2.94. The summed E-state index contributed by atoms with van der Waals surface area (Å²) in [5.41, 5.74) is 1.46. The normalized spacial score (nSPS) is 11.0. The molecular weight excluding hydrogens is 286 g/mol. The molecule has 1 aromatic carbocycles. The molecule has 0 aliphatic carbocycles. The first kappa shape index (κ1) is 14.2. The van der Waals surface area contributed by atoms with E-state index in [-0.39, 0.29) is 12.2 Å². The molecule has 0 radical (unpaired) electrons. The lowest BCUT2D eigenvalue weighted by Gasteiger charge is -2.04. The maximum Gasteiger partial charge on any atom is 0.339 e. The molecule has 0 unspecified atom stereocenters. The largest absolute Gasteiger partial charge is 0.486 e. The topological polar surface area (TPSA) is 85.7 Å². The van der Waals surface area contributed by atoms with Crippen LogP contribution < -0.4 is 4.74 Å². The molecule has 2 aromatic heterocycles. The summed E-state index contributed by atoms with van der Waals surface area (Å²) in [5, 5.41) is 9.79. The number of rotatable bonds is 4. The maximum atomic E-state index is 11.3. The number of hydrogen-bond donors (Lipinski definition) is 1. The van der Waals surface area contributed by atoms with Gasteiger partial charge in [-0.1, -0.05) is 0 Å². The van der Waals surface area contributed by atoms with Crippen molar-refractivity contribution in [1.82, 2.24) is 4.98 Å². The first-order chi connectivity index (χ1) is 10.5. The van der Waals surface area contributed by atoms with Crippen molar-refractivity contribution in [2.45, 2.75) is 27.4 Å². The van der Waals surface area contributed by atoms with Crippen molar-refractivity contribution in [3.05, 3.63) is 46.9 Å². The smallest absolute Gasteiger partial charge is 0.339 e. The van der Waals surface area contributed by atoms with Crippen LogP contribution in [0.1, 0.15) is 33.5 Å². The highest BCUT2D eigenvalue weighted by molar-refractivity contribution is 6.03. The Balaban J connectivity index is 1.90. The molecule has 0 saturated heterocycles. The number of ether oxygens (including phenoxy) is 1. The molecular formula is C16H15NO5. The monoisotopic (exact) mass is 301 g/mol. The van der Waals surface area contributed by atoms with Crippen molar-refractivity contribution in [1.29, 1.82) is 0 Å². The average molecular weight is 301 g/mol. The molecule has 0 aliphatic rings. The van der Waals surface area contributed by atoms with Gasteiger partial charge in [0.1, 0.15) is 29.3 Å². The van der Waals surface area contributed by atoms with Crippen molar-refractivity contribution < 1.29 is 23.5 Å². The Bertz CT molecular complexity index is 859. The third-order valence-corrected chi connectivity index (χ3v) is 3.42. The maximum absolute atomic E-state index is 11.3. The Kier molecular flexibility index (Phi) is 3.36. The van der Waals surface area contributed by atoms with Gasteiger partial charge in [0.2, 0.25) is 0 Å². The first-order valence-electron chi connectivity index (χ1n) is 6.78. The number of aromatic carboxylic acids is 1. The lowest BCUT2D eigenvalue weighted by atomic mass is 10.1. The van der Waals surface area contributed by atoms with Crippen LogP contribution in [0.15, 0.2) is 27.0 Å². The second-order valence-corrected chi connectivity index (χ2v) is 5.03. The summed E-state index contributed by atoms with van der Waals surface area (Å²) in [4.78, 5) is 15.5. The molecule has 6 nitrogen and oxygen atoms in total. The number of oxazole rings is 1. The molecule has 22 heavy (non-hydrogen) atoms. The van der Waals surface area contributed by atoms with E-state index in [2.05, 4.69) is 4.98 Å². The number of aromatic nitrogens is 1. The fourth-order valence-corrected chi connectivity index (χ4v) is 2.41. The molecule has 1 N–H and O–H groups in total. The van der Waals surface area contributed by atoms with Crippen LogP contribution in [0.25, 0.3) is 11.0 Å². The van der Waals surface area contributed by atoms with Crippen LogP contribution in [0.4, 0.5) is 0 Å². The summed E-state index contributed by atoms with van der Waals surface area (Å²) in [6.45, 7) is 5.48. The van der Waals surface area contributed by atoms with E-state index in [0.717, 1.165) is 5.69 Å². The van der Waals surface area contributed by atoms with Gasteiger partial charge in [0.15, 0.2) is 11.7 Å². The van der Waals surface area contributed by atoms with Gasteiger partial charge in [-0.3, -0.25) is 0 Å². The molecule has 3 aromatic rings. The second-order valence-electron chi connectivity index (χ2n) is 5.03. The van der Waals surface area contributed by atoms with Gasteiger partial charge in [-0.2, -0.15) is 0 Å². The van der Waals surface area contributed by atoms with Crippen molar-refractivity contribution in [3.63, 3.8) is 0 Å². The number of carboxylic acid groups (broad SMARTS) is 1. The third kappa shape index (κ3) is 2.43. The highest BCUT2D eigenvalue weighted by Gasteiger charge is 2.18. The second kappa shape index (κ2) is 5.22. The molecule has 0 amide bonds. The number of carboxylic acids is 1. The molecule has 6 heteroatoms. The Morgan fingerprint density at radius 3 is 2.68 bits per heavy atom. The third-order valence-electron chi connectivity index (χ3n) is 3.42. The Morgan fingerprint density at radius 2 is 2.05 bits per heavy atom. The first-order valence-corrected chi connectivity index (χ1v) is 6.78. The lowest BCUT2D eigenvalue weighted by Crippen LogP contribution is -1.98. The number of furan rings is 1. The molecule has 0 bridgehead atoms. The Labute approximate surface area is 126 Å². The lowest BCUT2D eigenvalue weighted by molar-refractivity contribution is 0.0697. The molecule has 3 rings (SSSR count). The van der Waals surface area contributed by atoms with Crippen LogP contribution in [0.3, 0.4) is 0 Å². The van der Waals surface area contributed by atoms with Crippen LogP contribution in [0.5, 0.6) is 5.75 Å². The van der Waals surface area contributed by atoms with Crippen molar-refractivity contribution in [2.24, 2.45) is 0 Å². The molecule has 0 atom stereocenters. The summed E-state index contributed by atoms with van der Waals surface area (Å²) in [6.07, 6.45) is 0. The summed E-state index contributed by atoms with van der Waals surface area (Å²) in [6, 6.07) is 5.09. The predicted molar refractivity (Wildman–Crippen MR) is 78.2 cm³/mol. The van der Waals surface area contributed by atoms with E-state index >= 15 is 0 Å². The van der Waals surface area contributed by atoms with E-state index in [4.69, 9.17) is 13.6 Å². The molecule has 0 saturated carbocycles. The van der Waals surface area contributed by atoms with Gasteiger partial charge in [0.25, 0.3) is 0 Å². The number of carbonyl (C=O) groups is 1. The zero-order chi connectivity index (χ0) is 15.9. The highest BCUT2D eigenvalue weighted by atomic mass is 16.5. The minimum Gasteiger partial charge on any atom is -0.486 e. The molecule has 2 heterocycles. The fourth-order valence-electron chi connectivity index (χ4n) is 2.41. The molecule has 114 valence electrons. The zero-order valence-corrected chi connectivity index (χ0v) is 12.5. The quantitative estimate of drug-likeness (QED) is 0.792. The van der Waals surface area contributed by atoms with Crippen LogP contribution in [0.2, 0.25) is 0 Å². The summed E-state index contributed by atoms with van der Waals surface area (Å²) in [5.74, 6) is 1.14. The van der Waals surface area contributed by atoms with Crippen molar-refractivity contribution >= 4 is 16.9 Å². The van der Waals surface area contributed by atoms with Gasteiger partial charge in [-0.15, -0.1) is 0 Å². The van der Waals surface area contributed by atoms with Crippen LogP contribution >= 0.6 is 0 Å². The Hall–Kier alpha value is -2.76. The van der Waals surface area contributed by atoms with E-state index < -0.39 is 5.97 Å². The molecule has 0 fully saturated rings. The van der Waals surface area contributed by atoms with E-state index in [9.17, 15) is 9.90 Å². The summed E-state index contributed by atoms with van der Waals surface area (Å²) in [7, 11) is 0. The van der Waals surface area contributed by atoms with E-state index in [0.29, 0.717) is 34.1 Å². The van der Waals surface area contributed by atoms with Gasteiger partial charge >= 0.3 is 5.97 Å². The van der Waals surface area contributed by atoms with Crippen molar-refractivity contribution in [2.75, 3.05) is 0 Å². The number of fused-ring (bicyclic) bond motifs is 1. The molecule has 0 aliphatic heterocycles. The van der Waals surface area contributed by atoms with Gasteiger partial charge in [0, 0.05) is 12.3 Å². The van der Waals surface area contributed by atoms with E-state index in [1.807, 2.05) is 6.92 Å². The number of nitrogens with zero attached hydrogens (tertiary/aromatic N) is 1. The van der Waals surface area contributed by atoms with Gasteiger partial charge < -0.3 is 18.7 Å². The van der Waals surface area contributed by atoms with Gasteiger partial charge in [-0.05, 0) is 32.0 Å². The minimum absolute atomic E-state index is 0.159. The van der Waals surface area contributed by atoms with Crippen LogP contribution in [-0.4, -0.2) is 16.1 Å². The van der Waals surface area contributed by atoms with E-state index in [1.54, 1.807) is 32.0 Å². The minimum atomic E-state index is -1.02. The number of aryl methyl sites for hydroxylation is 3. The van der Waals surface area contributed by atoms with Crippen LogP contribution in [-0.2, 0) is 6.61 Å². The van der Waals surface area contributed by atoms with Gasteiger partial charge in [0.05, 0.1) is 5.69 Å². The SMILES string of the molecule is Cc1nc(C)c(COc2ccc3oc(C)c(C(=O)O)c3c2)o1.